The van der Waals surface area contributed by atoms with E-state index in [-0.39, 0.29) is 43.1 Å². The summed E-state index contributed by atoms with van der Waals surface area (Å²) in [6.45, 7) is 11.2. The molecule has 5 atom stereocenters. The number of phenols is 1. The number of carbonyl (C=O) groups excluding carboxylic acids is 4. The minimum atomic E-state index is -0.735. The zero-order valence-corrected chi connectivity index (χ0v) is 33.8. The second-order valence-corrected chi connectivity index (χ2v) is 13.7. The number of hydrogen-bond acceptors (Lipinski definition) is 12. The van der Waals surface area contributed by atoms with Gasteiger partial charge in [-0.15, -0.1) is 0 Å². The maximum atomic E-state index is 12.5. The molecule has 15 heteroatoms. The number of nitrogens with one attached hydrogen (secondary N) is 5. The molecule has 0 bridgehead atoms. The Labute approximate surface area is 334 Å². The van der Waals surface area contributed by atoms with Gasteiger partial charge in [-0.3, -0.25) is 14.4 Å². The van der Waals surface area contributed by atoms with Crippen LogP contribution in [-0.4, -0.2) is 105 Å². The summed E-state index contributed by atoms with van der Waals surface area (Å²) in [5, 5.41) is 34.1. The number of aliphatic hydroxyl groups is 1. The fourth-order valence-corrected chi connectivity index (χ4v) is 5.43. The number of aliphatic hydroxyl groups excluding tert-OH is 1. The molecule has 2 rings (SSSR count). The van der Waals surface area contributed by atoms with Crippen LogP contribution in [-0.2, 0) is 32.0 Å². The van der Waals surface area contributed by atoms with Gasteiger partial charge in [0.2, 0.25) is 18.7 Å². The summed E-state index contributed by atoms with van der Waals surface area (Å²) in [6.07, 6.45) is 9.68. The Kier molecular flexibility index (Phi) is 30.3. The minimum Gasteiger partial charge on any atom is -0.508 e. The first-order valence-electron chi connectivity index (χ1n) is 19.6. The molecule has 0 heterocycles. The third kappa shape index (κ3) is 24.2. The zero-order valence-electron chi connectivity index (χ0n) is 33.8. The number of nitrogens with two attached hydrogens (primary N) is 4. The number of likely N-dealkylation sites (N-methyl/N-ethyl adjacent to an activating group) is 1. The number of phenolic OH excluding ortho intramolecular Hbond substituents is 1. The second-order valence-electron chi connectivity index (χ2n) is 13.7. The van der Waals surface area contributed by atoms with Gasteiger partial charge in [-0.1, -0.05) is 50.3 Å². The number of aromatic hydroxyl groups is 1. The number of carbonyl (C=O) groups is 4. The highest BCUT2D eigenvalue weighted by molar-refractivity contribution is 5.82. The predicted molar refractivity (Wildman–Crippen MR) is 225 cm³/mol. The summed E-state index contributed by atoms with van der Waals surface area (Å²) < 4.78 is 0. The fraction of sp³-hybridized carbons (Fsp3) is 0.561. The largest absolute Gasteiger partial charge is 0.508 e. The van der Waals surface area contributed by atoms with Crippen molar-refractivity contribution in [2.24, 2.45) is 22.9 Å². The normalized spacial score (nSPS) is 13.1. The van der Waals surface area contributed by atoms with Crippen molar-refractivity contribution in [3.63, 3.8) is 0 Å². The average Bonchev–Trinajstić information content (AvgIpc) is 3.19. The Morgan fingerprint density at radius 3 is 2.18 bits per heavy atom. The van der Waals surface area contributed by atoms with Crippen LogP contribution in [0.5, 0.6) is 5.75 Å². The molecular formula is C41H71N9O6. The van der Waals surface area contributed by atoms with Crippen LogP contribution < -0.4 is 49.5 Å². The van der Waals surface area contributed by atoms with E-state index in [0.717, 1.165) is 99.9 Å². The number of amides is 3. The summed E-state index contributed by atoms with van der Waals surface area (Å²) in [5.41, 5.74) is 27.0. The molecule has 0 aliphatic carbocycles. The average molecular weight is 786 g/mol. The molecule has 0 saturated carbocycles. The minimum absolute atomic E-state index is 0.00394. The molecule has 0 aromatic heterocycles. The van der Waals surface area contributed by atoms with E-state index in [1.807, 2.05) is 50.2 Å². The van der Waals surface area contributed by atoms with Crippen LogP contribution in [0.3, 0.4) is 0 Å². The van der Waals surface area contributed by atoms with Gasteiger partial charge in [0.1, 0.15) is 12.0 Å². The first kappa shape index (κ1) is 51.6. The highest BCUT2D eigenvalue weighted by Gasteiger charge is 2.21. The Hall–Kier alpha value is -4.38. The number of rotatable bonds is 28. The lowest BCUT2D eigenvalue weighted by molar-refractivity contribution is -0.124. The van der Waals surface area contributed by atoms with Crippen LogP contribution in [0.4, 0.5) is 0 Å². The Morgan fingerprint density at radius 2 is 1.57 bits per heavy atom. The monoisotopic (exact) mass is 786 g/mol. The molecule has 56 heavy (non-hydrogen) atoms. The molecule has 2 aromatic rings. The van der Waals surface area contributed by atoms with Crippen molar-refractivity contribution in [1.82, 2.24) is 26.6 Å². The van der Waals surface area contributed by atoms with Gasteiger partial charge in [-0.2, -0.15) is 0 Å². The van der Waals surface area contributed by atoms with E-state index in [1.165, 1.54) is 0 Å². The van der Waals surface area contributed by atoms with Crippen molar-refractivity contribution in [2.75, 3.05) is 39.8 Å². The topological polar surface area (TPSA) is 273 Å². The smallest absolute Gasteiger partial charge is 0.237 e. The van der Waals surface area contributed by atoms with Gasteiger partial charge in [0.15, 0.2) is 0 Å². The van der Waals surface area contributed by atoms with Crippen LogP contribution in [0.25, 0.3) is 11.1 Å². The summed E-state index contributed by atoms with van der Waals surface area (Å²) >= 11 is 0. The van der Waals surface area contributed by atoms with E-state index < -0.39 is 18.2 Å². The van der Waals surface area contributed by atoms with Crippen LogP contribution in [0, 0.1) is 0 Å². The molecule has 0 fully saturated rings. The quantitative estimate of drug-likeness (QED) is 0.0428. The standard InChI is InChI=1S/C24H34N4O4.C13H28N4O.C4H9NO/c1-15(28-24(32)22(27-2)12-21(30)13-25)8-16-4-3-5-17(9-16)18-6-7-23(31)19(10-18)11-20(26)14-29;1-12(17-10-5-2-4-8-14)13(15)7-3-6-9-16-11-18;1-2-3-5-4-6/h3-7,9-10,14-15,20-22,27,30-31H,8,11-13,25-26H2,1-2H3,(H,28,32);11,13,17H,1-10,14-15H2,(H,16,18);4H,2-3H2,1H3,(H,5,6)/t15?,20?,21?,22-;;/m0../s1. The number of unbranched alkanes of at least 4 members (excludes halogenated alkanes) is 3. The highest BCUT2D eigenvalue weighted by atomic mass is 16.3. The van der Waals surface area contributed by atoms with Gasteiger partial charge in [-0.05, 0) is 113 Å². The second kappa shape index (κ2) is 32.8. The van der Waals surface area contributed by atoms with Crippen LogP contribution in [0.15, 0.2) is 54.7 Å². The van der Waals surface area contributed by atoms with E-state index in [0.29, 0.717) is 24.7 Å². The Morgan fingerprint density at radius 1 is 0.893 bits per heavy atom. The lowest BCUT2D eigenvalue weighted by atomic mass is 9.96. The maximum Gasteiger partial charge on any atom is 0.237 e. The molecule has 0 aliphatic heterocycles. The Balaban J connectivity index is 0.00000106. The molecule has 316 valence electrons. The van der Waals surface area contributed by atoms with Crippen molar-refractivity contribution in [2.45, 2.75) is 108 Å². The first-order valence-corrected chi connectivity index (χ1v) is 19.6. The molecule has 0 saturated heterocycles. The highest BCUT2D eigenvalue weighted by Crippen LogP contribution is 2.27. The SMILES string of the molecule is C=C(NCCCCCN)C(N)CCCCNC=O.CCCNC=O.CN[C@@H](CC(O)CN)C(=O)NC(C)Cc1cccc(-c2ccc(O)c(CC(N)C=O)c2)c1. The van der Waals surface area contributed by atoms with Gasteiger partial charge >= 0.3 is 0 Å². The van der Waals surface area contributed by atoms with Gasteiger partial charge in [0, 0.05) is 44.0 Å². The Bertz CT molecular complexity index is 1380. The van der Waals surface area contributed by atoms with Crippen molar-refractivity contribution >= 4 is 25.0 Å². The molecule has 3 amide bonds. The summed E-state index contributed by atoms with van der Waals surface area (Å²) in [4.78, 5) is 42.9. The first-order chi connectivity index (χ1) is 26.9. The van der Waals surface area contributed by atoms with E-state index in [1.54, 1.807) is 13.1 Å². The van der Waals surface area contributed by atoms with Gasteiger partial charge < -0.3 is 64.5 Å². The molecule has 4 unspecified atom stereocenters. The van der Waals surface area contributed by atoms with Gasteiger partial charge in [0.05, 0.1) is 18.2 Å². The van der Waals surface area contributed by atoms with Crippen molar-refractivity contribution in [3.05, 3.63) is 65.9 Å². The molecule has 0 radical (unpaired) electrons. The van der Waals surface area contributed by atoms with Crippen LogP contribution in [0.2, 0.25) is 0 Å². The number of aldehydes is 1. The van der Waals surface area contributed by atoms with Crippen LogP contribution in [0.1, 0.15) is 76.3 Å². The van der Waals surface area contributed by atoms with Gasteiger partial charge in [-0.25, -0.2) is 0 Å². The lowest BCUT2D eigenvalue weighted by Gasteiger charge is -2.22. The molecule has 0 spiro atoms. The lowest BCUT2D eigenvalue weighted by Crippen LogP contribution is -2.48. The third-order valence-corrected chi connectivity index (χ3v) is 8.67. The fourth-order valence-electron chi connectivity index (χ4n) is 5.43. The summed E-state index contributed by atoms with van der Waals surface area (Å²) in [7, 11) is 1.68. The van der Waals surface area contributed by atoms with E-state index >= 15 is 0 Å². The number of benzene rings is 2. The van der Waals surface area contributed by atoms with Crippen molar-refractivity contribution < 1.29 is 29.4 Å². The molecule has 15 nitrogen and oxygen atoms in total. The van der Waals surface area contributed by atoms with Crippen LogP contribution >= 0.6 is 0 Å². The third-order valence-electron chi connectivity index (χ3n) is 8.67. The summed E-state index contributed by atoms with van der Waals surface area (Å²) in [5.74, 6) is -0.0734. The van der Waals surface area contributed by atoms with Crippen molar-refractivity contribution in [3.8, 4) is 16.9 Å². The number of hydrogen-bond donors (Lipinski definition) is 11. The molecule has 15 N–H and O–H groups in total. The zero-order chi connectivity index (χ0) is 42.1. The molecule has 0 aliphatic rings. The predicted octanol–water partition coefficient (Wildman–Crippen LogP) is 1.08. The van der Waals surface area contributed by atoms with Crippen molar-refractivity contribution in [1.29, 1.82) is 0 Å². The maximum absolute atomic E-state index is 12.5. The summed E-state index contributed by atoms with van der Waals surface area (Å²) in [6, 6.07) is 11.9. The molecular weight excluding hydrogens is 715 g/mol. The van der Waals surface area contributed by atoms with E-state index in [4.69, 9.17) is 22.9 Å². The van der Waals surface area contributed by atoms with E-state index in [2.05, 4.69) is 33.2 Å². The molecule has 2 aromatic carbocycles. The van der Waals surface area contributed by atoms with Gasteiger partial charge in [0.25, 0.3) is 0 Å². The van der Waals surface area contributed by atoms with E-state index in [9.17, 15) is 29.4 Å².